The molecule has 113 heavy (non-hydrogen) atoms. The van der Waals surface area contributed by atoms with Crippen LogP contribution in [0.3, 0.4) is 0 Å². The van der Waals surface area contributed by atoms with Crippen LogP contribution in [0.15, 0.2) is 378 Å². The smallest absolute Gasteiger partial charge is 0.488 e. The number of aliphatic hydroxyl groups excluding tert-OH is 1. The summed E-state index contributed by atoms with van der Waals surface area (Å²) in [6, 6.07) is 47.3. The molecule has 3 unspecified atom stereocenters. The topological polar surface area (TPSA) is 243 Å². The van der Waals surface area contributed by atoms with Crippen LogP contribution in [-0.2, 0) is 27.1 Å². The molecule has 0 radical (unpaired) electrons. The van der Waals surface area contributed by atoms with Crippen molar-refractivity contribution in [3.05, 3.63) is 412 Å². The maximum absolute atomic E-state index is 11.6. The molecule has 0 fully saturated rings. The first-order valence-electron chi connectivity index (χ1n) is 36.3. The molecule has 3 aliphatic carbocycles. The largest absolute Gasteiger partial charge is 0.497 e. The summed E-state index contributed by atoms with van der Waals surface area (Å²) in [5.74, 6) is 3.42. The molecule has 0 aliphatic heterocycles. The maximum atomic E-state index is 11.6. The molecule has 0 saturated heterocycles. The van der Waals surface area contributed by atoms with Gasteiger partial charge in [-0.05, 0) is 206 Å². The molecule has 0 aromatic heterocycles. The Morgan fingerprint density at radius 2 is 1.10 bits per heavy atom. The summed E-state index contributed by atoms with van der Waals surface area (Å²) in [6.45, 7) is 21.9. The van der Waals surface area contributed by atoms with Gasteiger partial charge in [-0.25, -0.2) is 0 Å². The van der Waals surface area contributed by atoms with Gasteiger partial charge in [-0.1, -0.05) is 323 Å². The lowest BCUT2D eigenvalue weighted by Crippen LogP contribution is -2.29. The van der Waals surface area contributed by atoms with Crippen LogP contribution in [0.1, 0.15) is 104 Å². The zero-order chi connectivity index (χ0) is 81.7. The van der Waals surface area contributed by atoms with Crippen molar-refractivity contribution in [2.24, 2.45) is 11.8 Å². The Hall–Kier alpha value is -9.92. The standard InChI is InChI=1S/2C21H22O2.C20H22O2.C13H17BrO.C8H11BO2.C6H7BO2.C6H4Br2.2H2O/c1-4-6-18(19-11-13-21(23-3)14-12-19)10-9-17-7-5-8-20(15-17)16(2)22;1-5-11-18(12-8-7-9-15-21(6-2)23-4)20-14-10-13-19(16-20)17(3)22;1-14(21)16-4-2-6-18(12-16)19-7-3-5-17(13-19)15-8-10-20(22)11-9-15;1-4-7-12(10-11-14)8-6-9-13(5-2)15-3;1-2-7-4-3-5-8(6-7)9(10)11;8-7(9)6-4-2-1-3-5-6;7-5-2-1-3-6(8)4-5;;/h4-8,10-15H,9H2,1-3H3;5-16H,1-2H2,3-4H3;2-5,8-10,12-13,18-20,22H,6-7,11H2,1H3;4-10H,2,11H2,1,3H3;3-6,10-11H,2H2,1H3;1-5,8-9H;1-4H;2*1H2/b6-4-,18-10+;9-7+,12-8+,18-11+,21-15+;;7-4-,8-6+,12-10+,13-9+;;;;;. The normalized spacial score (nSPS) is 15.1. The summed E-state index contributed by atoms with van der Waals surface area (Å²) < 4.78 is 17.5. The third kappa shape index (κ3) is 41.4. The number of carbonyl (C=O) groups is 3. The van der Waals surface area contributed by atoms with Gasteiger partial charge in [0.1, 0.15) is 17.3 Å². The number of ether oxygens (including phenoxy) is 3. The molecule has 0 spiro atoms. The number of aliphatic hydroxyl groups is 1. The van der Waals surface area contributed by atoms with Gasteiger partial charge in [0, 0.05) is 31.0 Å². The van der Waals surface area contributed by atoms with Crippen LogP contribution in [-0.4, -0.2) is 101 Å². The molecular formula is C95H109B2Br3O13. The van der Waals surface area contributed by atoms with Crippen LogP contribution in [0.4, 0.5) is 0 Å². The van der Waals surface area contributed by atoms with Gasteiger partial charge in [0.15, 0.2) is 17.3 Å². The van der Waals surface area contributed by atoms with E-state index in [1.54, 1.807) is 96.7 Å². The first kappa shape index (κ1) is 101. The third-order valence-electron chi connectivity index (χ3n) is 16.5. The van der Waals surface area contributed by atoms with E-state index < -0.39 is 14.2 Å². The van der Waals surface area contributed by atoms with E-state index in [2.05, 4.69) is 134 Å². The van der Waals surface area contributed by atoms with Crippen LogP contribution in [0.2, 0.25) is 0 Å². The van der Waals surface area contributed by atoms with E-state index in [4.69, 9.17) is 34.3 Å². The van der Waals surface area contributed by atoms with Gasteiger partial charge in [-0.2, -0.15) is 0 Å². The van der Waals surface area contributed by atoms with Gasteiger partial charge in [-0.15, -0.1) is 0 Å². The van der Waals surface area contributed by atoms with E-state index in [1.165, 1.54) is 11.1 Å². The molecule has 13 nitrogen and oxygen atoms in total. The predicted molar refractivity (Wildman–Crippen MR) is 485 cm³/mol. The predicted octanol–water partition coefficient (Wildman–Crippen LogP) is 19.2. The summed E-state index contributed by atoms with van der Waals surface area (Å²) in [6.07, 6.45) is 57.6. The van der Waals surface area contributed by atoms with E-state index in [0.29, 0.717) is 40.5 Å². The highest BCUT2D eigenvalue weighted by Gasteiger charge is 2.23. The molecule has 9 rings (SSSR count). The van der Waals surface area contributed by atoms with E-state index in [1.807, 2.05) is 215 Å². The van der Waals surface area contributed by atoms with Gasteiger partial charge in [0.25, 0.3) is 0 Å². The number of halogens is 3. The van der Waals surface area contributed by atoms with Gasteiger partial charge >= 0.3 is 14.2 Å². The molecule has 0 heterocycles. The van der Waals surface area contributed by atoms with Crippen molar-refractivity contribution in [3.63, 3.8) is 0 Å². The number of methoxy groups -OCH3 is 3. The van der Waals surface area contributed by atoms with Gasteiger partial charge in [0.2, 0.25) is 0 Å². The highest BCUT2D eigenvalue weighted by molar-refractivity contribution is 9.11. The molecule has 0 amide bonds. The molecule has 9 N–H and O–H groups in total. The number of rotatable bonds is 26. The lowest BCUT2D eigenvalue weighted by molar-refractivity contribution is -0.113. The maximum Gasteiger partial charge on any atom is 0.488 e. The molecule has 6 aromatic carbocycles. The van der Waals surface area contributed by atoms with Crippen molar-refractivity contribution in [2.45, 2.75) is 79.8 Å². The number of alkyl halides is 1. The highest BCUT2D eigenvalue weighted by Crippen LogP contribution is 2.34. The minimum absolute atomic E-state index is 0. The summed E-state index contributed by atoms with van der Waals surface area (Å²) in [5.41, 5.74) is 13.5. The molecule has 0 saturated carbocycles. The number of benzene rings is 6. The lowest BCUT2D eigenvalue weighted by Gasteiger charge is -2.26. The second-order valence-electron chi connectivity index (χ2n) is 24.7. The number of hydrogen-bond acceptors (Lipinski definition) is 11. The Bertz CT molecular complexity index is 4450. The molecule has 6 aromatic rings. The van der Waals surface area contributed by atoms with Crippen LogP contribution in [0.5, 0.6) is 5.75 Å². The SMILES string of the molecule is Brc1cccc(Br)c1.C/C=C\C(=C/Cc1cccc(C(C)=O)c1)c1ccc(OC)cc1.C=C\C(=C/C=C/C(/C=C\C)=C/CBr)OC.C=C\C=C(/C=C/C=C/C=C(\C=C)OC)c1cccc(C(C)=O)c1.CC(=O)C1=CC(C2C=C(C3=CCC(O)C=C3)C=CC2)CC=C1.CCc1cccc(B(O)O)c1.O.O.OB(O)c1ccccc1. The Labute approximate surface area is 696 Å². The minimum Gasteiger partial charge on any atom is -0.497 e. The number of ketones is 3. The Kier molecular flexibility index (Phi) is 53.5. The monoisotopic (exact) mass is 1720 g/mol. The number of carbonyl (C=O) groups excluding carboxylic acids is 3. The van der Waals surface area contributed by atoms with Crippen LogP contribution in [0.25, 0.3) is 11.1 Å². The summed E-state index contributed by atoms with van der Waals surface area (Å²) in [7, 11) is 2.21. The van der Waals surface area contributed by atoms with Crippen molar-refractivity contribution >= 4 is 101 Å². The van der Waals surface area contributed by atoms with Crippen molar-refractivity contribution in [3.8, 4) is 5.75 Å². The Morgan fingerprint density at radius 3 is 1.62 bits per heavy atom. The fourth-order valence-corrected chi connectivity index (χ4v) is 12.0. The van der Waals surface area contributed by atoms with E-state index in [9.17, 15) is 19.5 Å². The fourth-order valence-electron chi connectivity index (χ4n) is 10.5. The number of Topliss-reactive ketones (excluding diaryl/α,β-unsaturated/α-hetero) is 3. The minimum atomic E-state index is -1.35. The molecule has 3 aliphatic rings. The number of hydrogen-bond donors (Lipinski definition) is 5. The lowest BCUT2D eigenvalue weighted by atomic mass is 9.78. The average molecular weight is 1720 g/mol. The summed E-state index contributed by atoms with van der Waals surface area (Å²) >= 11 is 10.0. The van der Waals surface area contributed by atoms with Gasteiger partial charge in [0.05, 0.1) is 27.4 Å². The van der Waals surface area contributed by atoms with Crippen LogP contribution < -0.4 is 15.7 Å². The first-order valence-corrected chi connectivity index (χ1v) is 39.0. The second kappa shape index (κ2) is 59.8. The second-order valence-corrected chi connectivity index (χ2v) is 27.2. The zero-order valence-electron chi connectivity index (χ0n) is 66.1. The molecular weight excluding hydrogens is 1610 g/mol. The van der Waals surface area contributed by atoms with Crippen molar-refractivity contribution < 1.29 is 64.7 Å². The molecule has 18 heteroatoms. The zero-order valence-corrected chi connectivity index (χ0v) is 70.9. The highest BCUT2D eigenvalue weighted by atomic mass is 79.9. The van der Waals surface area contributed by atoms with Crippen molar-refractivity contribution in [2.75, 3.05) is 26.7 Å². The van der Waals surface area contributed by atoms with Crippen molar-refractivity contribution in [1.82, 2.24) is 0 Å². The Balaban J connectivity index is 0.000000678. The third-order valence-corrected chi connectivity index (χ3v) is 17.8. The molecule has 0 bridgehead atoms. The molecule has 594 valence electrons. The summed E-state index contributed by atoms with van der Waals surface area (Å²) in [5, 5.41) is 45.1. The van der Waals surface area contributed by atoms with Crippen molar-refractivity contribution in [1.29, 1.82) is 0 Å². The summed E-state index contributed by atoms with van der Waals surface area (Å²) in [4.78, 5) is 34.6. The van der Waals surface area contributed by atoms with Gasteiger partial charge < -0.3 is 50.4 Å². The average Bonchev–Trinajstić information content (AvgIpc) is 0.832. The number of aryl methyl sites for hydroxylation is 1. The van der Waals surface area contributed by atoms with E-state index in [0.717, 1.165) is 102 Å². The van der Waals surface area contributed by atoms with Crippen LogP contribution >= 0.6 is 47.8 Å². The quantitative estimate of drug-likeness (QED) is 0.0112. The van der Waals surface area contributed by atoms with Gasteiger partial charge in [-0.3, -0.25) is 14.4 Å². The van der Waals surface area contributed by atoms with Crippen LogP contribution in [0, 0.1) is 11.8 Å². The fraction of sp³-hybridized carbons (Fsp3) is 0.189. The number of allylic oxidation sites excluding steroid dienone is 31. The Morgan fingerprint density at radius 1 is 0.531 bits per heavy atom. The van der Waals surface area contributed by atoms with E-state index >= 15 is 0 Å². The first-order chi connectivity index (χ1) is 53.5. The van der Waals surface area contributed by atoms with E-state index in [-0.39, 0.29) is 34.4 Å². The molecule has 3 atom stereocenters.